The van der Waals surface area contributed by atoms with Gasteiger partial charge in [-0.1, -0.05) is 36.4 Å². The Kier molecular flexibility index (Phi) is 2.79. The third kappa shape index (κ3) is 1.70. The fourth-order valence-corrected chi connectivity index (χ4v) is 4.76. The summed E-state index contributed by atoms with van der Waals surface area (Å²) in [6, 6.07) is 17.2. The zero-order chi connectivity index (χ0) is 13.6. The van der Waals surface area contributed by atoms with Crippen LogP contribution in [-0.2, 0) is 10.5 Å². The molecule has 0 amide bonds. The predicted molar refractivity (Wildman–Crippen MR) is 83.0 cm³/mol. The van der Waals surface area contributed by atoms with Crippen LogP contribution in [0.2, 0.25) is 0 Å². The maximum atomic E-state index is 6.20. The van der Waals surface area contributed by atoms with Gasteiger partial charge in [-0.2, -0.15) is 0 Å². The van der Waals surface area contributed by atoms with Gasteiger partial charge in [0.25, 0.3) is 0 Å². The topological polar surface area (TPSA) is 21.3 Å². The summed E-state index contributed by atoms with van der Waals surface area (Å²) in [5, 5.41) is 4.13. The number of rotatable bonds is 2. The van der Waals surface area contributed by atoms with Crippen LogP contribution in [-0.4, -0.2) is 6.61 Å². The number of para-hydroxylation sites is 1. The molecule has 3 heteroatoms. The molecule has 2 nitrogen and oxygen atoms in total. The van der Waals surface area contributed by atoms with Crippen molar-refractivity contribution in [1.82, 2.24) is 0 Å². The summed E-state index contributed by atoms with van der Waals surface area (Å²) in [6.45, 7) is 2.77. The van der Waals surface area contributed by atoms with Crippen LogP contribution in [0.4, 0.5) is 5.69 Å². The molecule has 0 unspecified atom stereocenters. The second-order valence-electron chi connectivity index (χ2n) is 5.28. The maximum Gasteiger partial charge on any atom is 0.167 e. The van der Waals surface area contributed by atoms with Crippen LogP contribution in [0.25, 0.3) is 0 Å². The second kappa shape index (κ2) is 4.54. The van der Waals surface area contributed by atoms with Crippen LogP contribution < -0.4 is 5.32 Å². The predicted octanol–water partition coefficient (Wildman–Crippen LogP) is 4.54. The molecule has 2 aliphatic rings. The second-order valence-corrected chi connectivity index (χ2v) is 6.52. The van der Waals surface area contributed by atoms with Crippen LogP contribution >= 0.6 is 11.8 Å². The highest BCUT2D eigenvalue weighted by Gasteiger charge is 2.46. The maximum absolute atomic E-state index is 6.20. The van der Waals surface area contributed by atoms with Crippen molar-refractivity contribution in [2.75, 3.05) is 11.9 Å². The van der Waals surface area contributed by atoms with Crippen molar-refractivity contribution < 1.29 is 4.74 Å². The van der Waals surface area contributed by atoms with Gasteiger partial charge >= 0.3 is 0 Å². The number of nitrogens with one attached hydrogen (secondary N) is 1. The first-order valence-corrected chi connectivity index (χ1v) is 7.97. The SMILES string of the molecule is CCO[C@]12C[C@H](Sc3ccccc31)c1ccccc1N2. The average Bonchev–Trinajstić information content (AvgIpc) is 2.48. The van der Waals surface area contributed by atoms with E-state index >= 15 is 0 Å². The van der Waals surface area contributed by atoms with Gasteiger partial charge < -0.3 is 10.1 Å². The fourth-order valence-electron chi connectivity index (χ4n) is 3.29. The van der Waals surface area contributed by atoms with Gasteiger partial charge in [-0.25, -0.2) is 0 Å². The van der Waals surface area contributed by atoms with Crippen LogP contribution in [0.3, 0.4) is 0 Å². The van der Waals surface area contributed by atoms with Crippen molar-refractivity contribution in [3.05, 3.63) is 59.7 Å². The first kappa shape index (κ1) is 12.3. The highest BCUT2D eigenvalue weighted by Crippen LogP contribution is 2.57. The van der Waals surface area contributed by atoms with E-state index in [0.29, 0.717) is 11.9 Å². The fraction of sp³-hybridized carbons (Fsp3) is 0.294. The molecule has 0 radical (unpaired) electrons. The van der Waals surface area contributed by atoms with Crippen LogP contribution in [0, 0.1) is 0 Å². The van der Waals surface area contributed by atoms with Crippen LogP contribution in [0.15, 0.2) is 53.4 Å². The Morgan fingerprint density at radius 3 is 2.90 bits per heavy atom. The lowest BCUT2D eigenvalue weighted by Crippen LogP contribution is -2.44. The van der Waals surface area contributed by atoms with E-state index in [4.69, 9.17) is 4.74 Å². The zero-order valence-corrected chi connectivity index (χ0v) is 12.2. The first-order valence-electron chi connectivity index (χ1n) is 7.09. The molecule has 2 heterocycles. The molecule has 1 N–H and O–H groups in total. The van der Waals surface area contributed by atoms with Gasteiger partial charge in [-0.15, -0.1) is 11.8 Å². The molecule has 20 heavy (non-hydrogen) atoms. The molecule has 2 atom stereocenters. The molecule has 4 rings (SSSR count). The number of thioether (sulfide) groups is 1. The Bertz CT molecular complexity index is 657. The molecule has 0 aliphatic carbocycles. The van der Waals surface area contributed by atoms with E-state index in [1.54, 1.807) is 0 Å². The molecule has 0 fully saturated rings. The Hall–Kier alpha value is -1.45. The molecule has 2 aromatic carbocycles. The molecule has 2 aliphatic heterocycles. The van der Waals surface area contributed by atoms with Gasteiger partial charge in [0.05, 0.1) is 0 Å². The first-order chi connectivity index (χ1) is 9.82. The number of hydrogen-bond acceptors (Lipinski definition) is 3. The lowest BCUT2D eigenvalue weighted by Gasteiger charge is -2.47. The summed E-state index contributed by atoms with van der Waals surface area (Å²) < 4.78 is 6.20. The minimum absolute atomic E-state index is 0.365. The quantitative estimate of drug-likeness (QED) is 0.874. The summed E-state index contributed by atoms with van der Waals surface area (Å²) in [6.07, 6.45) is 0.986. The average molecular weight is 283 g/mol. The normalized spacial score (nSPS) is 26.4. The van der Waals surface area contributed by atoms with Gasteiger partial charge in [0.15, 0.2) is 5.72 Å². The third-order valence-corrected chi connectivity index (χ3v) is 5.41. The Morgan fingerprint density at radius 2 is 2.00 bits per heavy atom. The standard InChI is InChI=1S/C17H17NOS/c1-2-19-17-11-16(12-7-3-5-9-14(12)18-17)20-15-10-6-4-8-13(15)17/h3-10,16,18H,2,11H2,1H3/t16-,17+/m0/s1. The van der Waals surface area contributed by atoms with E-state index in [2.05, 4.69) is 60.8 Å². The van der Waals surface area contributed by atoms with E-state index in [0.717, 1.165) is 6.42 Å². The number of hydrogen-bond donors (Lipinski definition) is 1. The van der Waals surface area contributed by atoms with Crippen molar-refractivity contribution in [2.45, 2.75) is 29.2 Å². The number of benzene rings is 2. The molecule has 2 bridgehead atoms. The lowest BCUT2D eigenvalue weighted by molar-refractivity contribution is -0.0346. The highest BCUT2D eigenvalue weighted by atomic mass is 32.2. The van der Waals surface area contributed by atoms with Crippen LogP contribution in [0.5, 0.6) is 0 Å². The van der Waals surface area contributed by atoms with Gasteiger partial charge in [0.2, 0.25) is 0 Å². The monoisotopic (exact) mass is 283 g/mol. The minimum atomic E-state index is -0.365. The molecular weight excluding hydrogens is 266 g/mol. The molecule has 0 saturated carbocycles. The smallest absolute Gasteiger partial charge is 0.167 e. The van der Waals surface area contributed by atoms with E-state index in [1.807, 2.05) is 11.8 Å². The van der Waals surface area contributed by atoms with Crippen molar-refractivity contribution in [3.8, 4) is 0 Å². The molecule has 2 aromatic rings. The summed E-state index contributed by atoms with van der Waals surface area (Å²) in [5.74, 6) is 0. The van der Waals surface area contributed by atoms with Gasteiger partial charge in [-0.3, -0.25) is 0 Å². The molecule has 102 valence electrons. The van der Waals surface area contributed by atoms with Gasteiger partial charge in [0.1, 0.15) is 0 Å². The van der Waals surface area contributed by atoms with Crippen molar-refractivity contribution in [2.24, 2.45) is 0 Å². The number of ether oxygens (including phenoxy) is 1. The van der Waals surface area contributed by atoms with Gasteiger partial charge in [-0.05, 0) is 24.6 Å². The lowest BCUT2D eigenvalue weighted by atomic mass is 9.88. The summed E-state index contributed by atoms with van der Waals surface area (Å²) in [4.78, 5) is 1.33. The molecule has 0 saturated heterocycles. The Balaban J connectivity index is 1.90. The highest BCUT2D eigenvalue weighted by molar-refractivity contribution is 7.99. The van der Waals surface area contributed by atoms with Crippen molar-refractivity contribution in [1.29, 1.82) is 0 Å². The Labute approximate surface area is 123 Å². The minimum Gasteiger partial charge on any atom is -0.353 e. The van der Waals surface area contributed by atoms with E-state index in [-0.39, 0.29) is 5.72 Å². The van der Waals surface area contributed by atoms with E-state index < -0.39 is 0 Å². The number of anilines is 1. The van der Waals surface area contributed by atoms with E-state index in [1.165, 1.54) is 21.7 Å². The van der Waals surface area contributed by atoms with Crippen molar-refractivity contribution in [3.63, 3.8) is 0 Å². The zero-order valence-electron chi connectivity index (χ0n) is 11.4. The van der Waals surface area contributed by atoms with Gasteiger partial charge in [0, 0.05) is 34.4 Å². The number of fused-ring (bicyclic) bond motifs is 6. The third-order valence-electron chi connectivity index (χ3n) is 4.10. The van der Waals surface area contributed by atoms with Crippen molar-refractivity contribution >= 4 is 17.4 Å². The molecular formula is C17H17NOS. The largest absolute Gasteiger partial charge is 0.353 e. The summed E-state index contributed by atoms with van der Waals surface area (Å²) in [7, 11) is 0. The van der Waals surface area contributed by atoms with E-state index in [9.17, 15) is 0 Å². The molecule has 0 aromatic heterocycles. The summed E-state index contributed by atoms with van der Waals surface area (Å²) in [5.41, 5.74) is 3.51. The summed E-state index contributed by atoms with van der Waals surface area (Å²) >= 11 is 1.96. The Morgan fingerprint density at radius 1 is 1.20 bits per heavy atom. The van der Waals surface area contributed by atoms with Crippen LogP contribution in [0.1, 0.15) is 29.7 Å². The molecule has 0 spiro atoms.